The lowest BCUT2D eigenvalue weighted by atomic mass is 9.89. The van der Waals surface area contributed by atoms with Gasteiger partial charge in [0.2, 0.25) is 0 Å². The molecule has 4 rings (SSSR count). The number of nitrogens with one attached hydrogen (secondary N) is 1. The summed E-state index contributed by atoms with van der Waals surface area (Å²) >= 11 is 1.58. The van der Waals surface area contributed by atoms with E-state index in [0.29, 0.717) is 35.0 Å². The van der Waals surface area contributed by atoms with Gasteiger partial charge in [0.15, 0.2) is 11.9 Å². The van der Waals surface area contributed by atoms with Gasteiger partial charge in [-0.3, -0.25) is 4.79 Å². The third kappa shape index (κ3) is 3.79. The number of hydrogen-bond donors (Lipinski definition) is 1. The van der Waals surface area contributed by atoms with Crippen molar-refractivity contribution in [2.24, 2.45) is 5.92 Å². The predicted octanol–water partition coefficient (Wildman–Crippen LogP) is 4.43. The highest BCUT2D eigenvalue weighted by Crippen LogP contribution is 2.36. The number of aromatic nitrogens is 2. The van der Waals surface area contributed by atoms with Crippen LogP contribution in [-0.2, 0) is 17.6 Å². The van der Waals surface area contributed by atoms with Gasteiger partial charge in [0.1, 0.15) is 16.1 Å². The second kappa shape index (κ2) is 7.99. The standard InChI is InChI=1S/C22H24N2O4S/c1-4-27-16-8-6-5-7-14(16)22(26)28-13(3)19-23-20(25)18-15-10-9-12(2)11-17(15)29-21(18)24-19/h5-8,12-13H,4,9-11H2,1-3H3,(H,23,24,25)/t12-,13-/m1/s1. The summed E-state index contributed by atoms with van der Waals surface area (Å²) in [5, 5.41) is 0.695. The molecule has 0 aliphatic heterocycles. The molecule has 0 unspecified atom stereocenters. The molecule has 0 amide bonds. The van der Waals surface area contributed by atoms with Gasteiger partial charge < -0.3 is 14.5 Å². The van der Waals surface area contributed by atoms with Crippen LogP contribution in [0.3, 0.4) is 0 Å². The highest BCUT2D eigenvalue weighted by atomic mass is 32.1. The molecule has 7 heteroatoms. The fourth-order valence-electron chi connectivity index (χ4n) is 3.75. The first kappa shape index (κ1) is 19.6. The molecular weight excluding hydrogens is 388 g/mol. The molecular formula is C22H24N2O4S. The molecule has 29 heavy (non-hydrogen) atoms. The fourth-order valence-corrected chi connectivity index (χ4v) is 5.15. The van der Waals surface area contributed by atoms with Crippen LogP contribution in [0.1, 0.15) is 59.9 Å². The molecule has 2 atom stereocenters. The number of H-pyrrole nitrogens is 1. The Balaban J connectivity index is 1.62. The fraction of sp³-hybridized carbons (Fsp3) is 0.409. The van der Waals surface area contributed by atoms with Crippen molar-refractivity contribution in [1.29, 1.82) is 0 Å². The van der Waals surface area contributed by atoms with Crippen LogP contribution in [0.25, 0.3) is 10.2 Å². The lowest BCUT2D eigenvalue weighted by Gasteiger charge is -2.17. The van der Waals surface area contributed by atoms with Crippen molar-refractivity contribution in [3.05, 3.63) is 56.4 Å². The molecule has 6 nitrogen and oxygen atoms in total. The number of esters is 1. The summed E-state index contributed by atoms with van der Waals surface area (Å²) in [4.78, 5) is 34.8. The van der Waals surface area contributed by atoms with Crippen LogP contribution in [0, 0.1) is 5.92 Å². The summed E-state index contributed by atoms with van der Waals surface area (Å²) in [5.74, 6) is 0.948. The number of thiophene rings is 1. The van der Waals surface area contributed by atoms with E-state index in [1.807, 2.05) is 6.92 Å². The van der Waals surface area contributed by atoms with E-state index < -0.39 is 12.1 Å². The number of para-hydroxylation sites is 1. The lowest BCUT2D eigenvalue weighted by Crippen LogP contribution is -2.18. The quantitative estimate of drug-likeness (QED) is 0.627. The van der Waals surface area contributed by atoms with E-state index in [-0.39, 0.29) is 5.56 Å². The molecule has 0 saturated heterocycles. The minimum absolute atomic E-state index is 0.158. The Kier molecular flexibility index (Phi) is 5.41. The molecule has 1 aliphatic rings. The van der Waals surface area contributed by atoms with E-state index in [4.69, 9.17) is 9.47 Å². The Hall–Kier alpha value is -2.67. The third-order valence-electron chi connectivity index (χ3n) is 5.26. The maximum atomic E-state index is 12.8. The number of carbonyl (C=O) groups excluding carboxylic acids is 1. The highest BCUT2D eigenvalue weighted by molar-refractivity contribution is 7.18. The second-order valence-electron chi connectivity index (χ2n) is 7.46. The number of benzene rings is 1. The molecule has 2 aromatic heterocycles. The summed E-state index contributed by atoms with van der Waals surface area (Å²) in [6.45, 7) is 6.25. The van der Waals surface area contributed by atoms with Crippen molar-refractivity contribution in [2.75, 3.05) is 6.61 Å². The number of aromatic amines is 1. The highest BCUT2D eigenvalue weighted by Gasteiger charge is 2.25. The average Bonchev–Trinajstić information content (AvgIpc) is 3.06. The summed E-state index contributed by atoms with van der Waals surface area (Å²) in [7, 11) is 0. The zero-order chi connectivity index (χ0) is 20.5. The number of hydrogen-bond acceptors (Lipinski definition) is 6. The van der Waals surface area contributed by atoms with Crippen LogP contribution in [0.4, 0.5) is 0 Å². The first-order valence-corrected chi connectivity index (χ1v) is 10.8. The van der Waals surface area contributed by atoms with Crippen LogP contribution in [0.2, 0.25) is 0 Å². The molecule has 0 spiro atoms. The van der Waals surface area contributed by atoms with E-state index >= 15 is 0 Å². The van der Waals surface area contributed by atoms with Crippen molar-refractivity contribution in [2.45, 2.75) is 46.1 Å². The van der Waals surface area contributed by atoms with Crippen molar-refractivity contribution in [3.8, 4) is 5.75 Å². The Morgan fingerprint density at radius 2 is 2.17 bits per heavy atom. The number of carbonyl (C=O) groups is 1. The number of ether oxygens (including phenoxy) is 2. The molecule has 0 fully saturated rings. The van der Waals surface area contributed by atoms with Crippen LogP contribution >= 0.6 is 11.3 Å². The predicted molar refractivity (Wildman–Crippen MR) is 113 cm³/mol. The first-order valence-electron chi connectivity index (χ1n) is 9.95. The Labute approximate surface area is 172 Å². The van der Waals surface area contributed by atoms with Crippen molar-refractivity contribution in [1.82, 2.24) is 9.97 Å². The molecule has 0 radical (unpaired) electrons. The van der Waals surface area contributed by atoms with Crippen LogP contribution in [0.5, 0.6) is 5.75 Å². The first-order chi connectivity index (χ1) is 14.0. The Bertz CT molecular complexity index is 1120. The van der Waals surface area contributed by atoms with Crippen molar-refractivity contribution >= 4 is 27.5 Å². The minimum atomic E-state index is -0.688. The van der Waals surface area contributed by atoms with Gasteiger partial charge in [0, 0.05) is 4.88 Å². The Morgan fingerprint density at radius 3 is 2.97 bits per heavy atom. The van der Waals surface area contributed by atoms with E-state index in [1.54, 1.807) is 42.5 Å². The average molecular weight is 413 g/mol. The van der Waals surface area contributed by atoms with Crippen molar-refractivity contribution in [3.63, 3.8) is 0 Å². The third-order valence-corrected chi connectivity index (χ3v) is 6.41. The van der Waals surface area contributed by atoms with Crippen LogP contribution in [0.15, 0.2) is 29.1 Å². The van der Waals surface area contributed by atoms with Gasteiger partial charge in [-0.2, -0.15) is 0 Å². The van der Waals surface area contributed by atoms with E-state index in [9.17, 15) is 9.59 Å². The smallest absolute Gasteiger partial charge is 0.342 e. The maximum absolute atomic E-state index is 12.8. The largest absolute Gasteiger partial charge is 0.493 e. The summed E-state index contributed by atoms with van der Waals surface area (Å²) in [6, 6.07) is 6.95. The molecule has 1 aliphatic carbocycles. The summed E-state index contributed by atoms with van der Waals surface area (Å²) in [5.41, 5.74) is 1.33. The van der Waals surface area contributed by atoms with Crippen LogP contribution in [-0.4, -0.2) is 22.5 Å². The molecule has 0 bridgehead atoms. The molecule has 1 N–H and O–H groups in total. The zero-order valence-corrected chi connectivity index (χ0v) is 17.6. The van der Waals surface area contributed by atoms with Gasteiger partial charge in [-0.05, 0) is 56.7 Å². The number of nitrogens with zero attached hydrogens (tertiary/aromatic N) is 1. The minimum Gasteiger partial charge on any atom is -0.493 e. The number of fused-ring (bicyclic) bond motifs is 3. The topological polar surface area (TPSA) is 81.3 Å². The molecule has 1 aromatic carbocycles. The van der Waals surface area contributed by atoms with Crippen LogP contribution < -0.4 is 10.3 Å². The molecule has 152 valence electrons. The van der Waals surface area contributed by atoms with E-state index in [2.05, 4.69) is 16.9 Å². The van der Waals surface area contributed by atoms with E-state index in [1.165, 1.54) is 4.88 Å². The van der Waals surface area contributed by atoms with Crippen molar-refractivity contribution < 1.29 is 14.3 Å². The van der Waals surface area contributed by atoms with Gasteiger partial charge >= 0.3 is 5.97 Å². The lowest BCUT2D eigenvalue weighted by molar-refractivity contribution is 0.0316. The van der Waals surface area contributed by atoms with E-state index in [0.717, 1.165) is 29.7 Å². The van der Waals surface area contributed by atoms with Gasteiger partial charge in [0.05, 0.1) is 12.0 Å². The maximum Gasteiger partial charge on any atom is 0.342 e. The zero-order valence-electron chi connectivity index (χ0n) is 16.8. The van der Waals surface area contributed by atoms with Gasteiger partial charge in [-0.25, -0.2) is 9.78 Å². The second-order valence-corrected chi connectivity index (χ2v) is 8.54. The van der Waals surface area contributed by atoms with Gasteiger partial charge in [0.25, 0.3) is 5.56 Å². The normalized spacial score (nSPS) is 17.0. The monoisotopic (exact) mass is 412 g/mol. The summed E-state index contributed by atoms with van der Waals surface area (Å²) < 4.78 is 11.1. The summed E-state index contributed by atoms with van der Waals surface area (Å²) in [6.07, 6.45) is 2.31. The SMILES string of the molecule is CCOc1ccccc1C(=O)O[C@H](C)c1nc2sc3c(c2c(=O)[nH]1)CC[C@@H](C)C3. The van der Waals surface area contributed by atoms with Gasteiger partial charge in [-0.1, -0.05) is 19.1 Å². The Morgan fingerprint density at radius 1 is 1.38 bits per heavy atom. The molecule has 0 saturated carbocycles. The van der Waals surface area contributed by atoms with Gasteiger partial charge in [-0.15, -0.1) is 11.3 Å². The molecule has 2 heterocycles. The molecule has 3 aromatic rings. The number of aryl methyl sites for hydroxylation is 1. The number of rotatable bonds is 5.